The number of hydrogen-bond donors (Lipinski definition) is 1. The topological polar surface area (TPSA) is 64.0 Å². The van der Waals surface area contributed by atoms with E-state index < -0.39 is 0 Å². The zero-order chi connectivity index (χ0) is 19.6. The third-order valence-corrected chi connectivity index (χ3v) is 5.73. The van der Waals surface area contributed by atoms with E-state index in [1.807, 2.05) is 43.3 Å². The van der Waals surface area contributed by atoms with Crippen molar-refractivity contribution in [3.63, 3.8) is 0 Å². The minimum absolute atomic E-state index is 0.0642. The maximum Gasteiger partial charge on any atom is 0.275 e. The average molecular weight is 375 g/mol. The Bertz CT molecular complexity index is 1050. The van der Waals surface area contributed by atoms with E-state index in [2.05, 4.69) is 22.5 Å². The second-order valence-corrected chi connectivity index (χ2v) is 7.51. The number of nitrogens with one attached hydrogen (secondary N) is 1. The van der Waals surface area contributed by atoms with E-state index in [1.165, 1.54) is 4.68 Å². The summed E-state index contributed by atoms with van der Waals surface area (Å²) in [4.78, 5) is 25.8. The predicted octanol–water partition coefficient (Wildman–Crippen LogP) is 3.54. The van der Waals surface area contributed by atoms with Crippen LogP contribution in [0.5, 0.6) is 0 Å². The van der Waals surface area contributed by atoms with Gasteiger partial charge in [-0.2, -0.15) is 5.10 Å². The number of aryl methyl sites for hydroxylation is 1. The van der Waals surface area contributed by atoms with Gasteiger partial charge in [-0.1, -0.05) is 68.3 Å². The highest BCUT2D eigenvalue weighted by Crippen LogP contribution is 2.38. The van der Waals surface area contributed by atoms with Crippen molar-refractivity contribution in [2.24, 2.45) is 0 Å². The van der Waals surface area contributed by atoms with Gasteiger partial charge in [0.2, 0.25) is 5.91 Å². The van der Waals surface area contributed by atoms with Crippen LogP contribution in [0.3, 0.4) is 0 Å². The van der Waals surface area contributed by atoms with Crippen LogP contribution in [-0.2, 0) is 23.3 Å². The smallest absolute Gasteiger partial charge is 0.275 e. The highest BCUT2D eigenvalue weighted by molar-refractivity contribution is 5.84. The Hall–Kier alpha value is -2.95. The van der Waals surface area contributed by atoms with Crippen LogP contribution in [0, 0.1) is 0 Å². The highest BCUT2D eigenvalue weighted by atomic mass is 16.2. The number of carbonyl (C=O) groups excluding carboxylic acids is 1. The molecule has 1 aliphatic rings. The lowest BCUT2D eigenvalue weighted by molar-refractivity contribution is -0.124. The summed E-state index contributed by atoms with van der Waals surface area (Å²) in [5.74, 6) is -0.169. The molecule has 1 aromatic heterocycles. The fourth-order valence-corrected chi connectivity index (χ4v) is 4.34. The predicted molar refractivity (Wildman–Crippen MR) is 110 cm³/mol. The van der Waals surface area contributed by atoms with Crippen molar-refractivity contribution < 1.29 is 4.79 Å². The summed E-state index contributed by atoms with van der Waals surface area (Å²) in [6, 6.07) is 17.6. The molecule has 0 aliphatic heterocycles. The highest BCUT2D eigenvalue weighted by Gasteiger charge is 2.36. The first-order valence-corrected chi connectivity index (χ1v) is 9.98. The first-order chi connectivity index (χ1) is 13.6. The fourth-order valence-electron chi connectivity index (χ4n) is 4.34. The van der Waals surface area contributed by atoms with Crippen LogP contribution in [-0.4, -0.2) is 15.7 Å². The molecule has 1 amide bonds. The molecule has 1 N–H and O–H groups in total. The van der Waals surface area contributed by atoms with Gasteiger partial charge in [0.25, 0.3) is 5.56 Å². The molecular formula is C23H25N3O2. The van der Waals surface area contributed by atoms with Gasteiger partial charge in [-0.25, -0.2) is 4.68 Å². The molecule has 0 unspecified atom stereocenters. The van der Waals surface area contributed by atoms with Gasteiger partial charge in [0, 0.05) is 5.39 Å². The summed E-state index contributed by atoms with van der Waals surface area (Å²) < 4.78 is 1.31. The lowest BCUT2D eigenvalue weighted by Crippen LogP contribution is -2.46. The van der Waals surface area contributed by atoms with Gasteiger partial charge < -0.3 is 5.32 Å². The lowest BCUT2D eigenvalue weighted by atomic mass is 9.88. The Kier molecular flexibility index (Phi) is 4.99. The molecule has 28 heavy (non-hydrogen) atoms. The summed E-state index contributed by atoms with van der Waals surface area (Å²) in [7, 11) is 0. The number of nitrogens with zero attached hydrogens (tertiary/aromatic N) is 2. The van der Waals surface area contributed by atoms with Gasteiger partial charge in [-0.15, -0.1) is 0 Å². The SMILES string of the molecule is CCc1nn(CC(=O)NC2(c3ccccc3)CCCC2)c(=O)c2ccccc12. The molecule has 0 saturated heterocycles. The molecule has 1 heterocycles. The van der Waals surface area contributed by atoms with Crippen LogP contribution < -0.4 is 10.9 Å². The van der Waals surface area contributed by atoms with Crippen molar-refractivity contribution in [3.05, 3.63) is 76.2 Å². The number of carbonyl (C=O) groups is 1. The van der Waals surface area contributed by atoms with Gasteiger partial charge in [-0.3, -0.25) is 9.59 Å². The van der Waals surface area contributed by atoms with Crippen LogP contribution >= 0.6 is 0 Å². The maximum absolute atomic E-state index is 12.9. The van der Waals surface area contributed by atoms with Gasteiger partial charge in [0.15, 0.2) is 0 Å². The second-order valence-electron chi connectivity index (χ2n) is 7.51. The normalized spacial score (nSPS) is 15.6. The number of aromatic nitrogens is 2. The number of amides is 1. The maximum atomic E-state index is 12.9. The van der Waals surface area contributed by atoms with Crippen LogP contribution in [0.2, 0.25) is 0 Å². The minimum atomic E-state index is -0.341. The molecule has 4 rings (SSSR count). The molecule has 1 saturated carbocycles. The number of rotatable bonds is 5. The van der Waals surface area contributed by atoms with E-state index in [9.17, 15) is 9.59 Å². The van der Waals surface area contributed by atoms with Crippen molar-refractivity contribution in [1.82, 2.24) is 15.1 Å². The van der Waals surface area contributed by atoms with Gasteiger partial charge in [-0.05, 0) is 30.9 Å². The van der Waals surface area contributed by atoms with Crippen molar-refractivity contribution in [3.8, 4) is 0 Å². The zero-order valence-electron chi connectivity index (χ0n) is 16.1. The lowest BCUT2D eigenvalue weighted by Gasteiger charge is -2.31. The monoisotopic (exact) mass is 375 g/mol. The Morgan fingerprint density at radius 1 is 1.04 bits per heavy atom. The average Bonchev–Trinajstić information content (AvgIpc) is 3.20. The summed E-state index contributed by atoms with van der Waals surface area (Å²) >= 11 is 0. The summed E-state index contributed by atoms with van der Waals surface area (Å²) in [6.07, 6.45) is 4.72. The largest absolute Gasteiger partial charge is 0.345 e. The van der Waals surface area contributed by atoms with Crippen molar-refractivity contribution in [1.29, 1.82) is 0 Å². The molecule has 0 atom stereocenters. The number of hydrogen-bond acceptors (Lipinski definition) is 3. The Morgan fingerprint density at radius 3 is 2.36 bits per heavy atom. The van der Waals surface area contributed by atoms with Gasteiger partial charge >= 0.3 is 0 Å². The first-order valence-electron chi connectivity index (χ1n) is 9.98. The summed E-state index contributed by atoms with van der Waals surface area (Å²) in [5.41, 5.74) is 1.41. The number of benzene rings is 2. The van der Waals surface area contributed by atoms with E-state index in [4.69, 9.17) is 0 Å². The second kappa shape index (κ2) is 7.58. The van der Waals surface area contributed by atoms with Crippen molar-refractivity contribution >= 4 is 16.7 Å². The number of fused-ring (bicyclic) bond motifs is 1. The standard InChI is InChI=1S/C23H25N3O2/c1-2-20-18-12-6-7-13-19(18)22(28)26(25-20)16-21(27)24-23(14-8-9-15-23)17-10-4-3-5-11-17/h3-7,10-13H,2,8-9,14-16H2,1H3,(H,24,27). The molecule has 0 radical (unpaired) electrons. The summed E-state index contributed by atoms with van der Waals surface area (Å²) in [6.45, 7) is 1.94. The fraction of sp³-hybridized carbons (Fsp3) is 0.348. The van der Waals surface area contributed by atoms with Crippen LogP contribution in [0.4, 0.5) is 0 Å². The van der Waals surface area contributed by atoms with Gasteiger partial charge in [0.05, 0.1) is 16.6 Å². The molecule has 2 aromatic carbocycles. The molecule has 5 nitrogen and oxygen atoms in total. The van der Waals surface area contributed by atoms with Gasteiger partial charge in [0.1, 0.15) is 6.54 Å². The molecule has 5 heteroatoms. The van der Waals surface area contributed by atoms with Crippen LogP contribution in [0.25, 0.3) is 10.8 Å². The molecule has 3 aromatic rings. The van der Waals surface area contributed by atoms with E-state index in [-0.39, 0.29) is 23.6 Å². The quantitative estimate of drug-likeness (QED) is 0.742. The Labute approximate surface area is 164 Å². The molecule has 144 valence electrons. The molecule has 1 aliphatic carbocycles. The molecular weight excluding hydrogens is 350 g/mol. The molecule has 0 spiro atoms. The zero-order valence-corrected chi connectivity index (χ0v) is 16.1. The van der Waals surface area contributed by atoms with Crippen LogP contribution in [0.15, 0.2) is 59.4 Å². The van der Waals surface area contributed by atoms with Crippen LogP contribution in [0.1, 0.15) is 43.9 Å². The van der Waals surface area contributed by atoms with Crippen molar-refractivity contribution in [2.45, 2.75) is 51.1 Å². The Balaban J connectivity index is 1.63. The third-order valence-electron chi connectivity index (χ3n) is 5.73. The molecule has 1 fully saturated rings. The molecule has 0 bridgehead atoms. The van der Waals surface area contributed by atoms with E-state index in [1.54, 1.807) is 6.07 Å². The van der Waals surface area contributed by atoms with E-state index in [0.717, 1.165) is 42.3 Å². The van der Waals surface area contributed by atoms with E-state index in [0.29, 0.717) is 11.8 Å². The Morgan fingerprint density at radius 2 is 1.68 bits per heavy atom. The van der Waals surface area contributed by atoms with E-state index >= 15 is 0 Å². The minimum Gasteiger partial charge on any atom is -0.345 e. The first kappa shape index (κ1) is 18.4. The van der Waals surface area contributed by atoms with Crippen molar-refractivity contribution in [2.75, 3.05) is 0 Å². The summed E-state index contributed by atoms with van der Waals surface area (Å²) in [5, 5.41) is 9.18. The third kappa shape index (κ3) is 3.33.